The second-order valence-electron chi connectivity index (χ2n) is 4.30. The first kappa shape index (κ1) is 10.3. The Kier molecular flexibility index (Phi) is 2.55. The van der Waals surface area contributed by atoms with Crippen molar-refractivity contribution in [3.63, 3.8) is 0 Å². The molecule has 0 N–H and O–H groups in total. The van der Waals surface area contributed by atoms with Crippen molar-refractivity contribution in [3.05, 3.63) is 42.0 Å². The molecule has 1 aliphatic heterocycles. The van der Waals surface area contributed by atoms with Gasteiger partial charge in [-0.2, -0.15) is 0 Å². The van der Waals surface area contributed by atoms with Gasteiger partial charge in [-0.05, 0) is 18.1 Å². The van der Waals surface area contributed by atoms with Gasteiger partial charge in [-0.1, -0.05) is 25.1 Å². The summed E-state index contributed by atoms with van der Waals surface area (Å²) in [5.41, 5.74) is 1.25. The molecule has 88 valence electrons. The topological polar surface area (TPSA) is 39.9 Å². The molecule has 4 nitrogen and oxygen atoms in total. The maximum Gasteiger partial charge on any atom is 0.174 e. The van der Waals surface area contributed by atoms with Crippen molar-refractivity contribution >= 4 is 0 Å². The smallest absolute Gasteiger partial charge is 0.174 e. The van der Waals surface area contributed by atoms with Gasteiger partial charge in [0.2, 0.25) is 0 Å². The molecule has 0 saturated heterocycles. The Morgan fingerprint density at radius 1 is 1.41 bits per heavy atom. The molecule has 0 amide bonds. The molecule has 4 heteroatoms. The Morgan fingerprint density at radius 3 is 3.12 bits per heavy atom. The van der Waals surface area contributed by atoms with Crippen LogP contribution in [0, 0.1) is 0 Å². The lowest BCUT2D eigenvalue weighted by Crippen LogP contribution is -2.12. The van der Waals surface area contributed by atoms with E-state index in [2.05, 4.69) is 27.8 Å². The Bertz CT molecular complexity index is 496. The molecular weight excluding hydrogens is 214 g/mol. The summed E-state index contributed by atoms with van der Waals surface area (Å²) in [6.45, 7) is 3.09. The third kappa shape index (κ3) is 1.79. The number of hydrogen-bond acceptors (Lipinski definition) is 3. The molecule has 0 radical (unpaired) electrons. The van der Waals surface area contributed by atoms with Gasteiger partial charge in [-0.15, -0.1) is 10.2 Å². The molecule has 2 aromatic rings. The zero-order chi connectivity index (χ0) is 11.7. The summed E-state index contributed by atoms with van der Waals surface area (Å²) < 4.78 is 7.99. The minimum atomic E-state index is 0.0152. The van der Waals surface area contributed by atoms with Gasteiger partial charge < -0.3 is 9.30 Å². The molecule has 0 fully saturated rings. The third-order valence-electron chi connectivity index (χ3n) is 3.05. The van der Waals surface area contributed by atoms with Crippen molar-refractivity contribution in [3.8, 4) is 5.75 Å². The lowest BCUT2D eigenvalue weighted by Gasteiger charge is -2.11. The van der Waals surface area contributed by atoms with Crippen LogP contribution in [0.15, 0.2) is 30.6 Å². The van der Waals surface area contributed by atoms with Crippen LogP contribution in [0.2, 0.25) is 0 Å². The van der Waals surface area contributed by atoms with Crippen molar-refractivity contribution in [2.24, 2.45) is 0 Å². The molecule has 1 aliphatic rings. The first-order valence-electron chi connectivity index (χ1n) is 6.00. The predicted molar refractivity (Wildman–Crippen MR) is 63.8 cm³/mol. The lowest BCUT2D eigenvalue weighted by molar-refractivity contribution is 0.221. The van der Waals surface area contributed by atoms with Crippen LogP contribution in [-0.4, -0.2) is 14.8 Å². The monoisotopic (exact) mass is 229 g/mol. The number of fused-ring (bicyclic) bond motifs is 1. The molecule has 1 aromatic heterocycles. The highest BCUT2D eigenvalue weighted by atomic mass is 16.5. The van der Waals surface area contributed by atoms with E-state index >= 15 is 0 Å². The first-order valence-corrected chi connectivity index (χ1v) is 6.00. The number of nitrogens with zero attached hydrogens (tertiary/aromatic N) is 3. The number of aromatic nitrogens is 3. The van der Waals surface area contributed by atoms with E-state index in [-0.39, 0.29) is 6.10 Å². The summed E-state index contributed by atoms with van der Waals surface area (Å²) in [6, 6.07) is 8.16. The van der Waals surface area contributed by atoms with Gasteiger partial charge in [0, 0.05) is 13.0 Å². The normalized spacial score (nSPS) is 17.8. The molecule has 1 aromatic carbocycles. The lowest BCUT2D eigenvalue weighted by atomic mass is 10.1. The summed E-state index contributed by atoms with van der Waals surface area (Å²) in [5.74, 6) is 1.91. The first-order chi connectivity index (χ1) is 8.38. The Hall–Kier alpha value is -1.84. The molecule has 0 saturated carbocycles. The Balaban J connectivity index is 1.86. The SMILES string of the molecule is CCCn1cnnc1C1Cc2ccccc2O1. The average Bonchev–Trinajstić information content (AvgIpc) is 2.94. The van der Waals surface area contributed by atoms with Crippen LogP contribution >= 0.6 is 0 Å². The fourth-order valence-corrected chi connectivity index (χ4v) is 2.25. The van der Waals surface area contributed by atoms with E-state index in [4.69, 9.17) is 4.74 Å². The van der Waals surface area contributed by atoms with Crippen LogP contribution in [0.1, 0.15) is 30.8 Å². The molecule has 1 unspecified atom stereocenters. The maximum atomic E-state index is 5.91. The van der Waals surface area contributed by atoms with E-state index in [1.54, 1.807) is 6.33 Å². The van der Waals surface area contributed by atoms with Gasteiger partial charge in [0.25, 0.3) is 0 Å². The predicted octanol–water partition coefficient (Wildman–Crippen LogP) is 2.36. The summed E-state index contributed by atoms with van der Waals surface area (Å²) in [4.78, 5) is 0. The van der Waals surface area contributed by atoms with Crippen LogP contribution in [0.4, 0.5) is 0 Å². The summed E-state index contributed by atoms with van der Waals surface area (Å²) in [6.07, 6.45) is 3.76. The van der Waals surface area contributed by atoms with Crippen molar-refractivity contribution in [2.45, 2.75) is 32.4 Å². The zero-order valence-electron chi connectivity index (χ0n) is 9.84. The van der Waals surface area contributed by atoms with E-state index < -0.39 is 0 Å². The molecule has 1 atom stereocenters. The molecule has 0 bridgehead atoms. The van der Waals surface area contributed by atoms with E-state index in [0.29, 0.717) is 0 Å². The number of ether oxygens (including phenoxy) is 1. The van der Waals surface area contributed by atoms with Gasteiger partial charge in [-0.3, -0.25) is 0 Å². The molecule has 0 aliphatic carbocycles. The van der Waals surface area contributed by atoms with E-state index in [0.717, 1.165) is 31.0 Å². The number of aryl methyl sites for hydroxylation is 1. The van der Waals surface area contributed by atoms with Gasteiger partial charge in [0.05, 0.1) is 0 Å². The Labute approximate surface area is 100 Å². The van der Waals surface area contributed by atoms with E-state index in [1.165, 1.54) is 5.56 Å². The zero-order valence-corrected chi connectivity index (χ0v) is 9.84. The number of benzene rings is 1. The highest BCUT2D eigenvalue weighted by Gasteiger charge is 2.27. The van der Waals surface area contributed by atoms with Crippen LogP contribution < -0.4 is 4.74 Å². The highest BCUT2D eigenvalue weighted by Crippen LogP contribution is 2.35. The molecular formula is C13H15N3O. The van der Waals surface area contributed by atoms with Gasteiger partial charge in [0.1, 0.15) is 12.1 Å². The number of para-hydroxylation sites is 1. The van der Waals surface area contributed by atoms with Crippen molar-refractivity contribution in [1.82, 2.24) is 14.8 Å². The molecule has 17 heavy (non-hydrogen) atoms. The Morgan fingerprint density at radius 2 is 2.29 bits per heavy atom. The molecule has 3 rings (SSSR count). The third-order valence-corrected chi connectivity index (χ3v) is 3.05. The maximum absolute atomic E-state index is 5.91. The largest absolute Gasteiger partial charge is 0.482 e. The van der Waals surface area contributed by atoms with Gasteiger partial charge in [-0.25, -0.2) is 0 Å². The summed E-state index contributed by atoms with van der Waals surface area (Å²) in [7, 11) is 0. The fraction of sp³-hybridized carbons (Fsp3) is 0.385. The molecule has 0 spiro atoms. The van der Waals surface area contributed by atoms with E-state index in [9.17, 15) is 0 Å². The second kappa shape index (κ2) is 4.20. The average molecular weight is 229 g/mol. The second-order valence-corrected chi connectivity index (χ2v) is 4.30. The number of rotatable bonds is 3. The number of hydrogen-bond donors (Lipinski definition) is 0. The standard InChI is InChI=1S/C13H15N3O/c1-2-7-16-9-14-15-13(16)12-8-10-5-3-4-6-11(10)17-12/h3-6,9,12H,2,7-8H2,1H3. The van der Waals surface area contributed by atoms with Crippen LogP contribution in [0.5, 0.6) is 5.75 Å². The van der Waals surface area contributed by atoms with Crippen LogP contribution in [0.3, 0.4) is 0 Å². The molecule has 2 heterocycles. The van der Waals surface area contributed by atoms with E-state index in [1.807, 2.05) is 18.2 Å². The van der Waals surface area contributed by atoms with Crippen molar-refractivity contribution in [2.75, 3.05) is 0 Å². The van der Waals surface area contributed by atoms with Gasteiger partial charge >= 0.3 is 0 Å². The fourth-order valence-electron chi connectivity index (χ4n) is 2.25. The van der Waals surface area contributed by atoms with Crippen molar-refractivity contribution < 1.29 is 4.74 Å². The van der Waals surface area contributed by atoms with Gasteiger partial charge in [0.15, 0.2) is 11.9 Å². The van der Waals surface area contributed by atoms with Crippen LogP contribution in [-0.2, 0) is 13.0 Å². The summed E-state index contributed by atoms with van der Waals surface area (Å²) >= 11 is 0. The minimum absolute atomic E-state index is 0.0152. The summed E-state index contributed by atoms with van der Waals surface area (Å²) in [5, 5.41) is 8.17. The highest BCUT2D eigenvalue weighted by molar-refractivity contribution is 5.38. The minimum Gasteiger partial charge on any atom is -0.482 e. The van der Waals surface area contributed by atoms with Crippen LogP contribution in [0.25, 0.3) is 0 Å². The van der Waals surface area contributed by atoms with Crippen molar-refractivity contribution in [1.29, 1.82) is 0 Å². The quantitative estimate of drug-likeness (QED) is 0.811.